The third kappa shape index (κ3) is 19.9. The summed E-state index contributed by atoms with van der Waals surface area (Å²) >= 11 is 0. The van der Waals surface area contributed by atoms with Crippen molar-refractivity contribution in [3.05, 3.63) is 209 Å². The molecule has 94 heavy (non-hydrogen) atoms. The lowest BCUT2D eigenvalue weighted by molar-refractivity contribution is -0.124. The maximum atomic E-state index is 11.3. The van der Waals surface area contributed by atoms with E-state index in [4.69, 9.17) is 35.7 Å². The number of morpholine rings is 1. The average molecular weight is 1280 g/mol. The standard InChI is InChI=1S/C24H28N4O3.C17H16N4O2.C16H21N3O3.C13H15N3O2/c29-24(26-30)11-8-20-6-9-22-21(18-20)25-23(10-7-19-4-2-1-3-5-19)28(22)13-12-27-14-16-31-17-15-27;22-17(20-23)7-5-13-4-6-16-15(11-13)19-12-21(16)10-8-14-3-1-2-9-18-14;1-11(2)16-17-13-10-12(5-7-15(21)18-22)4-6-14(13)19(16)8-3-9-20;1-3-16-9(2)14-11-8-10(4-6-12(11)16)5-7-13(17)15-18/h1-6,8-9,11,18,30H,7,10,12-17H2,(H,26,29);1-7,9,11-12,23H,8,10H2,(H,20,22);4-7,10-11,20,22H,3,8-9H2,1-2H3,(H,18,21);4-8,18H,3H2,1-2H3,(H,15,17)/b11-8+;3*7-5+. The van der Waals surface area contributed by atoms with E-state index in [1.165, 1.54) is 29.9 Å². The predicted octanol–water partition coefficient (Wildman–Crippen LogP) is 8.81. The first-order chi connectivity index (χ1) is 45.7. The lowest BCUT2D eigenvalue weighted by Gasteiger charge is -2.27. The van der Waals surface area contributed by atoms with Crippen LogP contribution >= 0.6 is 0 Å². The molecule has 0 radical (unpaired) electrons. The molecule has 5 aromatic carbocycles. The summed E-state index contributed by atoms with van der Waals surface area (Å²) in [7, 11) is 0. The Kier molecular flexibility index (Phi) is 26.3. The molecule has 6 heterocycles. The number of aryl methyl sites for hydroxylation is 7. The van der Waals surface area contributed by atoms with Gasteiger partial charge >= 0.3 is 0 Å². The largest absolute Gasteiger partial charge is 0.396 e. The van der Waals surface area contributed by atoms with Gasteiger partial charge in [-0.15, -0.1) is 0 Å². The minimum Gasteiger partial charge on any atom is -0.396 e. The van der Waals surface area contributed by atoms with E-state index >= 15 is 0 Å². The van der Waals surface area contributed by atoms with Gasteiger partial charge in [-0.05, 0) is 139 Å². The minimum absolute atomic E-state index is 0.147. The molecular weight excluding hydrogens is 1200 g/mol. The Bertz CT molecular complexity index is 4260. The number of amides is 4. The van der Waals surface area contributed by atoms with Crippen molar-refractivity contribution < 1.29 is 49.9 Å². The molecule has 1 aliphatic heterocycles. The van der Waals surface area contributed by atoms with Crippen molar-refractivity contribution in [3.63, 3.8) is 0 Å². The van der Waals surface area contributed by atoms with E-state index < -0.39 is 23.6 Å². The Balaban J connectivity index is 0.000000164. The van der Waals surface area contributed by atoms with Gasteiger partial charge in [0.2, 0.25) is 0 Å². The van der Waals surface area contributed by atoms with Crippen LogP contribution in [0.3, 0.4) is 0 Å². The molecular formula is C70H80N14O10. The summed E-state index contributed by atoms with van der Waals surface area (Å²) in [5.41, 5.74) is 19.8. The summed E-state index contributed by atoms with van der Waals surface area (Å²) in [5.74, 6) is 1.07. The Morgan fingerprint density at radius 2 is 1.05 bits per heavy atom. The lowest BCUT2D eigenvalue weighted by atomic mass is 10.1. The maximum absolute atomic E-state index is 11.3. The van der Waals surface area contributed by atoms with Crippen molar-refractivity contribution in [3.8, 4) is 0 Å². The molecule has 24 nitrogen and oxygen atoms in total. The fraction of sp³-hybridized carbons (Fsp3) is 0.271. The van der Waals surface area contributed by atoms with Gasteiger partial charge in [-0.2, -0.15) is 0 Å². The zero-order valence-corrected chi connectivity index (χ0v) is 53.0. The Morgan fingerprint density at radius 3 is 1.57 bits per heavy atom. The molecule has 0 unspecified atom stereocenters. The molecule has 9 N–H and O–H groups in total. The normalized spacial score (nSPS) is 12.6. The van der Waals surface area contributed by atoms with Gasteiger partial charge in [0.15, 0.2) is 0 Å². The number of rotatable bonds is 22. The summed E-state index contributed by atoms with van der Waals surface area (Å²) in [6.07, 6.45) is 18.5. The summed E-state index contributed by atoms with van der Waals surface area (Å²) in [6.45, 7) is 16.1. The molecule has 10 aromatic rings. The summed E-state index contributed by atoms with van der Waals surface area (Å²) < 4.78 is 14.1. The number of hydroxylamine groups is 4. The van der Waals surface area contributed by atoms with Crippen LogP contribution in [0, 0.1) is 6.92 Å². The van der Waals surface area contributed by atoms with Gasteiger partial charge in [0.25, 0.3) is 23.6 Å². The van der Waals surface area contributed by atoms with E-state index in [1.54, 1.807) is 52.4 Å². The number of hydrogen-bond acceptors (Lipinski definition) is 16. The number of pyridine rings is 1. The second-order valence-corrected chi connectivity index (χ2v) is 22.1. The number of carbonyl (C=O) groups excluding carboxylic acids is 4. The minimum atomic E-state index is -0.573. The zero-order chi connectivity index (χ0) is 66.8. The van der Waals surface area contributed by atoms with Gasteiger partial charge in [0, 0.05) is 107 Å². The van der Waals surface area contributed by atoms with Gasteiger partial charge in [0.1, 0.15) is 17.5 Å². The topological polar surface area (TPSA) is 314 Å². The quantitative estimate of drug-likeness (QED) is 0.0174. The first kappa shape index (κ1) is 69.6. The highest BCUT2D eigenvalue weighted by atomic mass is 16.5. The van der Waals surface area contributed by atoms with Crippen molar-refractivity contribution in [2.75, 3.05) is 39.5 Å². The molecule has 0 spiro atoms. The highest BCUT2D eigenvalue weighted by molar-refractivity contribution is 5.94. The van der Waals surface area contributed by atoms with Crippen LogP contribution in [0.15, 0.2) is 158 Å². The molecule has 11 rings (SSSR count). The molecule has 0 aliphatic carbocycles. The number of aliphatic hydroxyl groups excluding tert-OH is 1. The van der Waals surface area contributed by atoms with E-state index in [0.29, 0.717) is 6.42 Å². The lowest BCUT2D eigenvalue weighted by Crippen LogP contribution is -2.38. The second kappa shape index (κ2) is 35.5. The molecule has 0 atom stereocenters. The Morgan fingerprint density at radius 1 is 0.543 bits per heavy atom. The van der Waals surface area contributed by atoms with Crippen molar-refractivity contribution in [2.45, 2.75) is 85.5 Å². The predicted molar refractivity (Wildman–Crippen MR) is 360 cm³/mol. The van der Waals surface area contributed by atoms with Crippen LogP contribution in [0.4, 0.5) is 0 Å². The van der Waals surface area contributed by atoms with Crippen molar-refractivity contribution in [2.24, 2.45) is 0 Å². The summed E-state index contributed by atoms with van der Waals surface area (Å²) in [4.78, 5) is 69.4. The molecule has 1 fully saturated rings. The highest BCUT2D eigenvalue weighted by Crippen LogP contribution is 2.25. The smallest absolute Gasteiger partial charge is 0.267 e. The molecule has 0 saturated carbocycles. The van der Waals surface area contributed by atoms with Crippen molar-refractivity contribution >= 4 is 92.1 Å². The van der Waals surface area contributed by atoms with E-state index in [9.17, 15) is 19.2 Å². The van der Waals surface area contributed by atoms with Crippen LogP contribution in [0.2, 0.25) is 0 Å². The highest BCUT2D eigenvalue weighted by Gasteiger charge is 2.17. The van der Waals surface area contributed by atoms with Crippen LogP contribution in [0.1, 0.15) is 84.1 Å². The Hall–Kier alpha value is -10.3. The number of aliphatic hydroxyl groups is 1. The fourth-order valence-corrected chi connectivity index (χ4v) is 10.6. The number of carbonyl (C=O) groups is 4. The SMILES string of the molecule is CC(C)c1nc2cc(/C=C/C(=O)NO)ccc2n1CCCO.CCn1c(C)nc2cc(/C=C/C(=O)NO)ccc21.O=C(/C=C/c1ccc2c(c1)nc(CCc1ccccc1)n2CCN1CCOCC1)NO.O=C(/C=C/c1ccc2c(c1)ncn2CCc1ccccn1)NO. The first-order valence-electron chi connectivity index (χ1n) is 31.0. The third-order valence-corrected chi connectivity index (χ3v) is 15.3. The zero-order valence-electron chi connectivity index (χ0n) is 53.0. The molecule has 4 amide bonds. The number of nitrogens with zero attached hydrogens (tertiary/aromatic N) is 10. The number of aromatic nitrogens is 9. The van der Waals surface area contributed by atoms with Crippen LogP contribution in [-0.2, 0) is 69.4 Å². The maximum Gasteiger partial charge on any atom is 0.267 e. The number of nitrogens with one attached hydrogen (secondary N) is 4. The van der Waals surface area contributed by atoms with Crippen LogP contribution in [-0.4, -0.2) is 137 Å². The third-order valence-electron chi connectivity index (χ3n) is 15.3. The van der Waals surface area contributed by atoms with Crippen LogP contribution in [0.5, 0.6) is 0 Å². The van der Waals surface area contributed by atoms with E-state index in [1.807, 2.05) is 104 Å². The van der Waals surface area contributed by atoms with Gasteiger partial charge < -0.3 is 28.1 Å². The van der Waals surface area contributed by atoms with Gasteiger partial charge in [-0.3, -0.25) is 49.9 Å². The molecule has 1 aliphatic rings. The molecule has 5 aromatic heterocycles. The van der Waals surface area contributed by atoms with Gasteiger partial charge in [-0.1, -0.05) is 74.5 Å². The molecule has 0 bridgehead atoms. The average Bonchev–Trinajstić information content (AvgIpc) is 1.69. The van der Waals surface area contributed by atoms with Crippen molar-refractivity contribution in [1.82, 2.24) is 70.0 Å². The van der Waals surface area contributed by atoms with E-state index in [2.05, 4.69) is 94.2 Å². The number of imidazole rings is 4. The summed E-state index contributed by atoms with van der Waals surface area (Å²) in [6, 6.07) is 39.7. The number of hydrogen-bond donors (Lipinski definition) is 9. The van der Waals surface area contributed by atoms with Crippen LogP contribution in [0.25, 0.3) is 68.4 Å². The first-order valence-corrected chi connectivity index (χ1v) is 31.0. The van der Waals surface area contributed by atoms with E-state index in [0.717, 1.165) is 168 Å². The molecule has 24 heteroatoms. The van der Waals surface area contributed by atoms with E-state index in [-0.39, 0.29) is 12.5 Å². The number of ether oxygens (including phenoxy) is 1. The van der Waals surface area contributed by atoms with Gasteiger partial charge in [-0.25, -0.2) is 41.9 Å². The van der Waals surface area contributed by atoms with Crippen LogP contribution < -0.4 is 21.9 Å². The fourth-order valence-electron chi connectivity index (χ4n) is 10.6. The number of fused-ring (bicyclic) bond motifs is 4. The molecule has 1 saturated heterocycles. The summed E-state index contributed by atoms with van der Waals surface area (Å²) in [5, 5.41) is 43.1. The molecule has 490 valence electrons. The monoisotopic (exact) mass is 1280 g/mol. The Labute approximate surface area is 543 Å². The van der Waals surface area contributed by atoms with Crippen molar-refractivity contribution in [1.29, 1.82) is 0 Å². The second-order valence-electron chi connectivity index (χ2n) is 22.1. The number of benzene rings is 5. The van der Waals surface area contributed by atoms with Gasteiger partial charge in [0.05, 0.1) is 63.7 Å².